The molecule has 3 nitrogen and oxygen atoms in total. The summed E-state index contributed by atoms with van der Waals surface area (Å²) < 4.78 is 26.5. The summed E-state index contributed by atoms with van der Waals surface area (Å²) in [6, 6.07) is 1.08. The summed E-state index contributed by atoms with van der Waals surface area (Å²) in [4.78, 5) is 5.53. The lowest BCUT2D eigenvalue weighted by atomic mass is 10.2. The highest BCUT2D eigenvalue weighted by Crippen LogP contribution is 2.28. The number of hydrogen-bond acceptors (Lipinski definition) is 3. The molecule has 0 unspecified atom stereocenters. The number of nitrogens with zero attached hydrogens (tertiary/aromatic N) is 2. The fourth-order valence-electron chi connectivity index (χ4n) is 2.18. The largest absolute Gasteiger partial charge is 0.381 e. The molecule has 0 aliphatic heterocycles. The minimum Gasteiger partial charge on any atom is -0.381 e. The number of halogens is 2. The topological polar surface area (TPSA) is 42.2 Å². The van der Waals surface area contributed by atoms with Crippen LogP contribution in [0.15, 0.2) is 6.07 Å². The third kappa shape index (κ3) is 1.94. The Bertz CT molecular complexity index is 389. The van der Waals surface area contributed by atoms with Crippen molar-refractivity contribution < 1.29 is 8.78 Å². The van der Waals surface area contributed by atoms with E-state index < -0.39 is 11.6 Å². The third-order valence-electron chi connectivity index (χ3n) is 3.14. The van der Waals surface area contributed by atoms with Gasteiger partial charge in [-0.15, -0.1) is 0 Å². The fourth-order valence-corrected chi connectivity index (χ4v) is 2.18. The smallest absolute Gasteiger partial charge is 0.168 e. The zero-order chi connectivity index (χ0) is 11.7. The van der Waals surface area contributed by atoms with Crippen molar-refractivity contribution in [2.45, 2.75) is 31.7 Å². The molecular formula is C11H15F2N3. The van der Waals surface area contributed by atoms with Gasteiger partial charge < -0.3 is 10.6 Å². The van der Waals surface area contributed by atoms with Crippen LogP contribution >= 0.6 is 0 Å². The van der Waals surface area contributed by atoms with Crippen molar-refractivity contribution in [1.82, 2.24) is 4.98 Å². The van der Waals surface area contributed by atoms with Gasteiger partial charge in [-0.3, -0.25) is 0 Å². The Labute approximate surface area is 93.3 Å². The van der Waals surface area contributed by atoms with Gasteiger partial charge in [-0.2, -0.15) is 0 Å². The van der Waals surface area contributed by atoms with Crippen LogP contribution in [-0.2, 0) is 0 Å². The molecule has 0 amide bonds. The molecular weight excluding hydrogens is 212 g/mol. The highest BCUT2D eigenvalue weighted by atomic mass is 19.1. The molecule has 1 fully saturated rings. The first kappa shape index (κ1) is 11.1. The minimum atomic E-state index is -0.805. The maximum Gasteiger partial charge on any atom is 0.168 e. The Kier molecular flexibility index (Phi) is 2.94. The van der Waals surface area contributed by atoms with Crippen molar-refractivity contribution in [2.75, 3.05) is 17.7 Å². The average Bonchev–Trinajstić information content (AvgIpc) is 2.75. The van der Waals surface area contributed by atoms with Gasteiger partial charge in [0.05, 0.1) is 0 Å². The molecule has 5 heteroatoms. The molecule has 0 radical (unpaired) electrons. The zero-order valence-corrected chi connectivity index (χ0v) is 9.21. The van der Waals surface area contributed by atoms with Crippen molar-refractivity contribution in [3.63, 3.8) is 0 Å². The molecule has 0 saturated heterocycles. The molecule has 0 aromatic carbocycles. The highest BCUT2D eigenvalue weighted by molar-refractivity contribution is 5.47. The minimum absolute atomic E-state index is 0.144. The standard InChI is InChI=1S/C11H15F2N3/c1-16(7-4-2-3-5-7)11-9(13)6-8(12)10(14)15-11/h6-7H,2-5H2,1H3,(H2,14,15). The summed E-state index contributed by atoms with van der Waals surface area (Å²) >= 11 is 0. The van der Waals surface area contributed by atoms with Gasteiger partial charge in [0.25, 0.3) is 0 Å². The van der Waals surface area contributed by atoms with Gasteiger partial charge in [0.2, 0.25) is 0 Å². The maximum absolute atomic E-state index is 13.5. The van der Waals surface area contributed by atoms with Crippen molar-refractivity contribution in [3.05, 3.63) is 17.7 Å². The Balaban J connectivity index is 2.28. The lowest BCUT2D eigenvalue weighted by Gasteiger charge is -2.25. The molecule has 2 N–H and O–H groups in total. The van der Waals surface area contributed by atoms with E-state index in [1.54, 1.807) is 11.9 Å². The number of hydrogen-bond donors (Lipinski definition) is 1. The van der Waals surface area contributed by atoms with Gasteiger partial charge in [-0.25, -0.2) is 13.8 Å². The van der Waals surface area contributed by atoms with E-state index in [1.807, 2.05) is 0 Å². The fraction of sp³-hybridized carbons (Fsp3) is 0.545. The van der Waals surface area contributed by atoms with E-state index in [2.05, 4.69) is 4.98 Å². The van der Waals surface area contributed by atoms with E-state index in [4.69, 9.17) is 5.73 Å². The summed E-state index contributed by atoms with van der Waals surface area (Å²) in [5.41, 5.74) is 5.35. The van der Waals surface area contributed by atoms with Gasteiger partial charge in [0.15, 0.2) is 23.3 Å². The molecule has 0 bridgehead atoms. The second-order valence-electron chi connectivity index (χ2n) is 4.21. The Morgan fingerprint density at radius 1 is 1.31 bits per heavy atom. The molecule has 1 aromatic heterocycles. The summed E-state index contributed by atoms with van der Waals surface area (Å²) in [7, 11) is 1.78. The number of rotatable bonds is 2. The zero-order valence-electron chi connectivity index (χ0n) is 9.21. The molecule has 88 valence electrons. The van der Waals surface area contributed by atoms with Crippen LogP contribution in [0.4, 0.5) is 20.4 Å². The van der Waals surface area contributed by atoms with Gasteiger partial charge in [-0.05, 0) is 12.8 Å². The van der Waals surface area contributed by atoms with Crippen LogP contribution in [0, 0.1) is 11.6 Å². The second-order valence-corrected chi connectivity index (χ2v) is 4.21. The van der Waals surface area contributed by atoms with Crippen LogP contribution in [0.25, 0.3) is 0 Å². The van der Waals surface area contributed by atoms with Crippen molar-refractivity contribution in [3.8, 4) is 0 Å². The highest BCUT2D eigenvalue weighted by Gasteiger charge is 2.23. The normalized spacial score (nSPS) is 16.7. The van der Waals surface area contributed by atoms with Crippen molar-refractivity contribution in [1.29, 1.82) is 0 Å². The molecule has 1 aromatic rings. The molecule has 1 aliphatic carbocycles. The molecule has 1 aliphatic rings. The van der Waals surface area contributed by atoms with E-state index in [9.17, 15) is 8.78 Å². The van der Waals surface area contributed by atoms with Crippen molar-refractivity contribution >= 4 is 11.6 Å². The number of anilines is 2. The van der Waals surface area contributed by atoms with Crippen LogP contribution < -0.4 is 10.6 Å². The SMILES string of the molecule is CN(c1nc(N)c(F)cc1F)C1CCCC1. The molecule has 0 atom stereocenters. The number of nitrogens with two attached hydrogens (primary N) is 1. The van der Waals surface area contributed by atoms with Crippen LogP contribution in [-0.4, -0.2) is 18.1 Å². The first-order valence-corrected chi connectivity index (χ1v) is 5.44. The van der Waals surface area contributed by atoms with Crippen LogP contribution in [0.1, 0.15) is 25.7 Å². The Hall–Kier alpha value is -1.39. The van der Waals surface area contributed by atoms with Gasteiger partial charge in [0.1, 0.15) is 0 Å². The third-order valence-corrected chi connectivity index (χ3v) is 3.14. The van der Waals surface area contributed by atoms with Gasteiger partial charge in [0, 0.05) is 19.2 Å². The molecule has 1 saturated carbocycles. The van der Waals surface area contributed by atoms with E-state index in [-0.39, 0.29) is 17.7 Å². The lowest BCUT2D eigenvalue weighted by Crippen LogP contribution is -2.30. The van der Waals surface area contributed by atoms with Crippen LogP contribution in [0.3, 0.4) is 0 Å². The monoisotopic (exact) mass is 227 g/mol. The van der Waals surface area contributed by atoms with E-state index in [0.29, 0.717) is 0 Å². The predicted octanol–water partition coefficient (Wildman–Crippen LogP) is 2.32. The summed E-state index contributed by atoms with van der Waals surface area (Å²) in [5.74, 6) is -1.56. The molecule has 0 spiro atoms. The number of pyridine rings is 1. The van der Waals surface area contributed by atoms with Gasteiger partial charge in [-0.1, -0.05) is 12.8 Å². The van der Waals surface area contributed by atoms with Crippen molar-refractivity contribution in [2.24, 2.45) is 0 Å². The average molecular weight is 227 g/mol. The predicted molar refractivity (Wildman–Crippen MR) is 59.2 cm³/mol. The quantitative estimate of drug-likeness (QED) is 0.843. The van der Waals surface area contributed by atoms with Crippen LogP contribution in [0.5, 0.6) is 0 Å². The number of aromatic nitrogens is 1. The van der Waals surface area contributed by atoms with E-state index >= 15 is 0 Å². The Morgan fingerprint density at radius 2 is 1.94 bits per heavy atom. The maximum atomic E-state index is 13.5. The molecule has 2 rings (SSSR count). The van der Waals surface area contributed by atoms with Gasteiger partial charge >= 0.3 is 0 Å². The lowest BCUT2D eigenvalue weighted by molar-refractivity contribution is 0.560. The van der Waals surface area contributed by atoms with E-state index in [0.717, 1.165) is 31.7 Å². The van der Waals surface area contributed by atoms with Crippen LogP contribution in [0.2, 0.25) is 0 Å². The Morgan fingerprint density at radius 3 is 2.56 bits per heavy atom. The summed E-state index contributed by atoms with van der Waals surface area (Å²) in [6.07, 6.45) is 4.34. The van der Waals surface area contributed by atoms with E-state index in [1.165, 1.54) is 0 Å². The number of nitrogen functional groups attached to an aromatic ring is 1. The summed E-state index contributed by atoms with van der Waals surface area (Å²) in [6.45, 7) is 0. The first-order valence-electron chi connectivity index (χ1n) is 5.44. The second kappa shape index (κ2) is 4.23. The molecule has 16 heavy (non-hydrogen) atoms. The first-order chi connectivity index (χ1) is 7.59. The summed E-state index contributed by atoms with van der Waals surface area (Å²) in [5, 5.41) is 0. The molecule has 1 heterocycles.